The summed E-state index contributed by atoms with van der Waals surface area (Å²) in [6, 6.07) is 14.1. The van der Waals surface area contributed by atoms with Gasteiger partial charge in [0.25, 0.3) is 0 Å². The second-order valence-corrected chi connectivity index (χ2v) is 7.25. The number of benzene rings is 1. The molecule has 3 aromatic rings. The number of hydrogen-bond donors (Lipinski definition) is 0. The maximum Gasteiger partial charge on any atom is 0.155 e. The molecule has 0 saturated carbocycles. The van der Waals surface area contributed by atoms with E-state index in [1.54, 1.807) is 0 Å². The second kappa shape index (κ2) is 8.16. The van der Waals surface area contributed by atoms with Crippen LogP contribution in [-0.2, 0) is 13.0 Å². The van der Waals surface area contributed by atoms with Gasteiger partial charge in [-0.15, -0.1) is 0 Å². The predicted octanol–water partition coefficient (Wildman–Crippen LogP) is 3.13. The molecule has 0 spiro atoms. The molecule has 0 amide bonds. The topological polar surface area (TPSA) is 36.7 Å². The van der Waals surface area contributed by atoms with Gasteiger partial charge in [0.15, 0.2) is 11.5 Å². The average molecular weight is 370 g/mol. The molecule has 0 N–H and O–H groups in total. The molecule has 0 radical (unpaired) electrons. The largest absolute Gasteiger partial charge is 0.301 e. The van der Waals surface area contributed by atoms with Gasteiger partial charge in [-0.1, -0.05) is 35.9 Å². The molecular formula is C20H24ClN5. The molecule has 136 valence electrons. The standard InChI is InChI=1S/C20H24ClN5/c21-18-7-2-1-6-17(18)16-25-14-12-24(13-15-25)10-5-8-19-22-20-9-3-4-11-26(20)23-19/h1-4,6-7,9,11H,5,8,10,12-16H2. The maximum absolute atomic E-state index is 6.28. The quantitative estimate of drug-likeness (QED) is 0.669. The Kier molecular flexibility index (Phi) is 5.48. The highest BCUT2D eigenvalue weighted by atomic mass is 35.5. The summed E-state index contributed by atoms with van der Waals surface area (Å²) in [5, 5.41) is 5.40. The van der Waals surface area contributed by atoms with Gasteiger partial charge in [0.05, 0.1) is 0 Å². The summed E-state index contributed by atoms with van der Waals surface area (Å²) in [5.74, 6) is 0.938. The molecule has 5 nitrogen and oxygen atoms in total. The van der Waals surface area contributed by atoms with Crippen molar-refractivity contribution in [2.75, 3.05) is 32.7 Å². The van der Waals surface area contributed by atoms with Crippen molar-refractivity contribution in [3.63, 3.8) is 0 Å². The summed E-state index contributed by atoms with van der Waals surface area (Å²) in [5.41, 5.74) is 2.15. The number of pyridine rings is 1. The fraction of sp³-hybridized carbons (Fsp3) is 0.400. The zero-order valence-corrected chi connectivity index (χ0v) is 15.6. The van der Waals surface area contributed by atoms with Crippen LogP contribution in [-0.4, -0.2) is 57.1 Å². The van der Waals surface area contributed by atoms with Crippen molar-refractivity contribution in [2.24, 2.45) is 0 Å². The number of piperazine rings is 1. The van der Waals surface area contributed by atoms with E-state index in [1.807, 2.05) is 41.0 Å². The first kappa shape index (κ1) is 17.5. The molecule has 0 atom stereocenters. The van der Waals surface area contributed by atoms with Crippen molar-refractivity contribution in [1.82, 2.24) is 24.4 Å². The maximum atomic E-state index is 6.28. The van der Waals surface area contributed by atoms with Crippen molar-refractivity contribution in [1.29, 1.82) is 0 Å². The molecule has 4 rings (SSSR count). The van der Waals surface area contributed by atoms with Gasteiger partial charge in [-0.3, -0.25) is 4.90 Å². The molecule has 26 heavy (non-hydrogen) atoms. The molecule has 1 saturated heterocycles. The Morgan fingerprint density at radius 3 is 2.50 bits per heavy atom. The van der Waals surface area contributed by atoms with Crippen molar-refractivity contribution < 1.29 is 0 Å². The van der Waals surface area contributed by atoms with Crippen LogP contribution in [0.2, 0.25) is 5.02 Å². The van der Waals surface area contributed by atoms with Gasteiger partial charge in [0, 0.05) is 50.4 Å². The Balaban J connectivity index is 1.21. The number of aromatic nitrogens is 3. The minimum absolute atomic E-state index is 0.870. The van der Waals surface area contributed by atoms with E-state index in [1.165, 1.54) is 5.56 Å². The van der Waals surface area contributed by atoms with E-state index in [-0.39, 0.29) is 0 Å². The van der Waals surface area contributed by atoms with Gasteiger partial charge >= 0.3 is 0 Å². The molecule has 0 bridgehead atoms. The number of fused-ring (bicyclic) bond motifs is 1. The van der Waals surface area contributed by atoms with Crippen LogP contribution >= 0.6 is 11.6 Å². The zero-order valence-electron chi connectivity index (χ0n) is 14.9. The van der Waals surface area contributed by atoms with E-state index >= 15 is 0 Å². The highest BCUT2D eigenvalue weighted by Gasteiger charge is 2.17. The fourth-order valence-corrected chi connectivity index (χ4v) is 3.68. The number of nitrogens with zero attached hydrogens (tertiary/aromatic N) is 5. The van der Waals surface area contributed by atoms with Crippen molar-refractivity contribution >= 4 is 17.2 Å². The molecule has 2 aromatic heterocycles. The minimum atomic E-state index is 0.870. The lowest BCUT2D eigenvalue weighted by Crippen LogP contribution is -2.46. The molecule has 6 heteroatoms. The van der Waals surface area contributed by atoms with Gasteiger partial charge < -0.3 is 4.90 Å². The molecule has 1 aliphatic rings. The Hall–Kier alpha value is -1.95. The van der Waals surface area contributed by atoms with Crippen LogP contribution in [0.15, 0.2) is 48.7 Å². The molecule has 1 aromatic carbocycles. The Morgan fingerprint density at radius 2 is 1.69 bits per heavy atom. The molecule has 0 unspecified atom stereocenters. The van der Waals surface area contributed by atoms with E-state index in [2.05, 4.69) is 32.0 Å². The number of halogens is 1. The van der Waals surface area contributed by atoms with Crippen LogP contribution in [0.1, 0.15) is 17.8 Å². The minimum Gasteiger partial charge on any atom is -0.301 e. The van der Waals surface area contributed by atoms with Crippen LogP contribution in [0.5, 0.6) is 0 Å². The highest BCUT2D eigenvalue weighted by Crippen LogP contribution is 2.18. The van der Waals surface area contributed by atoms with Crippen molar-refractivity contribution in [3.8, 4) is 0 Å². The summed E-state index contributed by atoms with van der Waals surface area (Å²) in [7, 11) is 0. The SMILES string of the molecule is Clc1ccccc1CN1CCN(CCCc2nc3ccccn3n2)CC1. The number of rotatable bonds is 6. The smallest absolute Gasteiger partial charge is 0.155 e. The molecule has 0 aliphatic carbocycles. The van der Waals surface area contributed by atoms with Crippen molar-refractivity contribution in [2.45, 2.75) is 19.4 Å². The second-order valence-electron chi connectivity index (χ2n) is 6.84. The summed E-state index contributed by atoms with van der Waals surface area (Å²) in [6.07, 6.45) is 3.98. The monoisotopic (exact) mass is 369 g/mol. The first-order valence-electron chi connectivity index (χ1n) is 9.26. The van der Waals surface area contributed by atoms with E-state index < -0.39 is 0 Å². The lowest BCUT2D eigenvalue weighted by Gasteiger charge is -2.34. The zero-order chi connectivity index (χ0) is 17.8. The summed E-state index contributed by atoms with van der Waals surface area (Å²) in [6.45, 7) is 6.47. The van der Waals surface area contributed by atoms with E-state index in [4.69, 9.17) is 11.6 Å². The molecule has 1 fully saturated rings. The van der Waals surface area contributed by atoms with Crippen molar-refractivity contribution in [3.05, 3.63) is 65.1 Å². The van der Waals surface area contributed by atoms with Gasteiger partial charge in [-0.2, -0.15) is 5.10 Å². The van der Waals surface area contributed by atoms with E-state index in [0.717, 1.165) is 68.6 Å². The lowest BCUT2D eigenvalue weighted by atomic mass is 10.2. The summed E-state index contributed by atoms with van der Waals surface area (Å²) in [4.78, 5) is 9.60. The van der Waals surface area contributed by atoms with E-state index in [9.17, 15) is 0 Å². The first-order valence-corrected chi connectivity index (χ1v) is 9.64. The summed E-state index contributed by atoms with van der Waals surface area (Å²) >= 11 is 6.28. The summed E-state index contributed by atoms with van der Waals surface area (Å²) < 4.78 is 1.85. The highest BCUT2D eigenvalue weighted by molar-refractivity contribution is 6.31. The van der Waals surface area contributed by atoms with Gasteiger partial charge in [-0.05, 0) is 36.7 Å². The van der Waals surface area contributed by atoms with Crippen LogP contribution in [0.3, 0.4) is 0 Å². The number of hydrogen-bond acceptors (Lipinski definition) is 4. The van der Waals surface area contributed by atoms with Crippen LogP contribution in [0.25, 0.3) is 5.65 Å². The van der Waals surface area contributed by atoms with E-state index in [0.29, 0.717) is 0 Å². The average Bonchev–Trinajstić information content (AvgIpc) is 3.08. The Labute approximate surface area is 159 Å². The number of aryl methyl sites for hydroxylation is 1. The third-order valence-corrected chi connectivity index (χ3v) is 5.35. The fourth-order valence-electron chi connectivity index (χ4n) is 3.48. The first-order chi connectivity index (χ1) is 12.8. The third-order valence-electron chi connectivity index (χ3n) is 4.98. The van der Waals surface area contributed by atoms with Crippen LogP contribution < -0.4 is 0 Å². The van der Waals surface area contributed by atoms with Crippen LogP contribution in [0.4, 0.5) is 0 Å². The van der Waals surface area contributed by atoms with Crippen LogP contribution in [0, 0.1) is 0 Å². The Bertz CT molecular complexity index is 821. The predicted molar refractivity (Wildman–Crippen MR) is 104 cm³/mol. The van der Waals surface area contributed by atoms with Gasteiger partial charge in [0.2, 0.25) is 0 Å². The normalized spacial score (nSPS) is 16.3. The molecule has 1 aliphatic heterocycles. The molecule has 3 heterocycles. The van der Waals surface area contributed by atoms with Gasteiger partial charge in [-0.25, -0.2) is 9.50 Å². The van der Waals surface area contributed by atoms with Gasteiger partial charge in [0.1, 0.15) is 0 Å². The Morgan fingerprint density at radius 1 is 0.923 bits per heavy atom. The lowest BCUT2D eigenvalue weighted by molar-refractivity contribution is 0.126. The third kappa shape index (κ3) is 4.23. The molecular weight excluding hydrogens is 346 g/mol.